The van der Waals surface area contributed by atoms with E-state index in [2.05, 4.69) is 5.32 Å². The van der Waals surface area contributed by atoms with Crippen LogP contribution in [0.25, 0.3) is 0 Å². The first kappa shape index (κ1) is 13.5. The van der Waals surface area contributed by atoms with E-state index in [9.17, 15) is 9.90 Å². The Labute approximate surface area is 117 Å². The number of fused-ring (bicyclic) bond motifs is 1. The molecule has 108 valence electrons. The van der Waals surface area contributed by atoms with Crippen LogP contribution in [0, 0.1) is 13.8 Å². The van der Waals surface area contributed by atoms with Crippen LogP contribution in [-0.2, 0) is 9.47 Å². The topological polar surface area (TPSA) is 67.8 Å². The number of nitrogens with one attached hydrogen (secondary N) is 1. The first-order chi connectivity index (χ1) is 9.56. The molecule has 1 aromatic carbocycles. The van der Waals surface area contributed by atoms with Gasteiger partial charge in [-0.2, -0.15) is 0 Å². The van der Waals surface area contributed by atoms with Crippen molar-refractivity contribution in [3.05, 3.63) is 34.9 Å². The molecule has 0 aliphatic carbocycles. The molecule has 2 heterocycles. The Morgan fingerprint density at radius 3 is 2.70 bits per heavy atom. The third kappa shape index (κ3) is 2.32. The molecule has 2 N–H and O–H groups in total. The Balaban J connectivity index is 1.69. The van der Waals surface area contributed by atoms with Crippen LogP contribution in [0.5, 0.6) is 0 Å². The molecule has 5 nitrogen and oxygen atoms in total. The third-order valence-electron chi connectivity index (χ3n) is 4.11. The highest BCUT2D eigenvalue weighted by molar-refractivity contribution is 5.94. The molecule has 5 heteroatoms. The Kier molecular flexibility index (Phi) is 3.50. The predicted molar refractivity (Wildman–Crippen MR) is 72.7 cm³/mol. The van der Waals surface area contributed by atoms with Crippen LogP contribution in [0.2, 0.25) is 0 Å². The minimum Gasteiger partial charge on any atom is -0.388 e. The van der Waals surface area contributed by atoms with E-state index in [0.717, 1.165) is 11.1 Å². The highest BCUT2D eigenvalue weighted by Gasteiger charge is 2.47. The molecule has 2 saturated heterocycles. The zero-order chi connectivity index (χ0) is 14.3. The number of benzene rings is 1. The van der Waals surface area contributed by atoms with Gasteiger partial charge in [0.05, 0.1) is 19.3 Å². The molecule has 0 radical (unpaired) electrons. The largest absolute Gasteiger partial charge is 0.388 e. The molecule has 0 aromatic heterocycles. The average Bonchev–Trinajstić information content (AvgIpc) is 2.97. The number of aliphatic hydroxyl groups is 1. The minimum absolute atomic E-state index is 0.132. The fourth-order valence-electron chi connectivity index (χ4n) is 2.74. The summed E-state index contributed by atoms with van der Waals surface area (Å²) in [5.74, 6) is -0.132. The summed E-state index contributed by atoms with van der Waals surface area (Å²) in [5.41, 5.74) is 2.88. The maximum absolute atomic E-state index is 12.2. The molecule has 2 aliphatic rings. The Morgan fingerprint density at radius 1 is 1.20 bits per heavy atom. The van der Waals surface area contributed by atoms with E-state index in [1.54, 1.807) is 0 Å². The molecule has 1 amide bonds. The lowest BCUT2D eigenvalue weighted by atomic mass is 10.0. The second kappa shape index (κ2) is 5.16. The number of carbonyl (C=O) groups is 1. The number of hydrogen-bond donors (Lipinski definition) is 2. The number of ether oxygens (including phenoxy) is 2. The van der Waals surface area contributed by atoms with E-state index in [4.69, 9.17) is 9.47 Å². The van der Waals surface area contributed by atoms with Crippen molar-refractivity contribution in [2.24, 2.45) is 0 Å². The van der Waals surface area contributed by atoms with Gasteiger partial charge in [0.25, 0.3) is 5.91 Å². The van der Waals surface area contributed by atoms with Crippen molar-refractivity contribution in [3.63, 3.8) is 0 Å². The molecule has 0 spiro atoms. The molecule has 0 saturated carbocycles. The van der Waals surface area contributed by atoms with E-state index < -0.39 is 6.10 Å². The van der Waals surface area contributed by atoms with E-state index >= 15 is 0 Å². The molecule has 4 atom stereocenters. The molecule has 20 heavy (non-hydrogen) atoms. The van der Waals surface area contributed by atoms with E-state index in [1.165, 1.54) is 0 Å². The summed E-state index contributed by atoms with van der Waals surface area (Å²) in [6.07, 6.45) is -1.16. The van der Waals surface area contributed by atoms with Crippen LogP contribution in [0.3, 0.4) is 0 Å². The van der Waals surface area contributed by atoms with Gasteiger partial charge in [0, 0.05) is 5.56 Å². The monoisotopic (exact) mass is 277 g/mol. The lowest BCUT2D eigenvalue weighted by Gasteiger charge is -2.17. The van der Waals surface area contributed by atoms with Crippen LogP contribution >= 0.6 is 0 Å². The normalized spacial score (nSPS) is 32.1. The van der Waals surface area contributed by atoms with Crippen molar-refractivity contribution in [2.45, 2.75) is 38.2 Å². The number of carbonyl (C=O) groups excluding carboxylic acids is 1. The first-order valence-electron chi connectivity index (χ1n) is 6.85. The molecular weight excluding hydrogens is 258 g/mol. The summed E-state index contributed by atoms with van der Waals surface area (Å²) < 4.78 is 11.0. The summed E-state index contributed by atoms with van der Waals surface area (Å²) in [4.78, 5) is 12.2. The smallest absolute Gasteiger partial charge is 0.251 e. The van der Waals surface area contributed by atoms with Gasteiger partial charge in [-0.1, -0.05) is 6.07 Å². The lowest BCUT2D eigenvalue weighted by Crippen LogP contribution is -2.44. The van der Waals surface area contributed by atoms with Gasteiger partial charge in [-0.3, -0.25) is 4.79 Å². The summed E-state index contributed by atoms with van der Waals surface area (Å²) in [6, 6.07) is 5.43. The van der Waals surface area contributed by atoms with Crippen molar-refractivity contribution in [1.29, 1.82) is 0 Å². The molecule has 0 bridgehead atoms. The summed E-state index contributed by atoms with van der Waals surface area (Å²) in [6.45, 7) is 4.64. The van der Waals surface area contributed by atoms with Gasteiger partial charge in [0.1, 0.15) is 18.3 Å². The van der Waals surface area contributed by atoms with Gasteiger partial charge >= 0.3 is 0 Å². The summed E-state index contributed by atoms with van der Waals surface area (Å²) in [7, 11) is 0. The fraction of sp³-hybridized carbons (Fsp3) is 0.533. The average molecular weight is 277 g/mol. The zero-order valence-electron chi connectivity index (χ0n) is 11.6. The van der Waals surface area contributed by atoms with Crippen molar-refractivity contribution in [3.8, 4) is 0 Å². The Hall–Kier alpha value is -1.43. The maximum atomic E-state index is 12.2. The van der Waals surface area contributed by atoms with Gasteiger partial charge in [-0.05, 0) is 37.1 Å². The van der Waals surface area contributed by atoms with Crippen molar-refractivity contribution < 1.29 is 19.4 Å². The second-order valence-corrected chi connectivity index (χ2v) is 5.54. The number of hydrogen-bond acceptors (Lipinski definition) is 4. The van der Waals surface area contributed by atoms with Crippen LogP contribution in [0.4, 0.5) is 0 Å². The van der Waals surface area contributed by atoms with Gasteiger partial charge in [-0.15, -0.1) is 0 Å². The Bertz CT molecular complexity index is 531. The van der Waals surface area contributed by atoms with Crippen LogP contribution in [0.1, 0.15) is 21.5 Å². The number of rotatable bonds is 2. The number of aryl methyl sites for hydroxylation is 2. The third-order valence-corrected chi connectivity index (χ3v) is 4.11. The lowest BCUT2D eigenvalue weighted by molar-refractivity contribution is 0.0178. The van der Waals surface area contributed by atoms with Crippen molar-refractivity contribution in [1.82, 2.24) is 5.32 Å². The fourth-order valence-corrected chi connectivity index (χ4v) is 2.74. The summed E-state index contributed by atoms with van der Waals surface area (Å²) in [5, 5.41) is 12.6. The zero-order valence-corrected chi connectivity index (χ0v) is 11.6. The van der Waals surface area contributed by atoms with Crippen molar-refractivity contribution in [2.75, 3.05) is 13.2 Å². The van der Waals surface area contributed by atoms with Crippen LogP contribution in [0.15, 0.2) is 18.2 Å². The number of amides is 1. The van der Waals surface area contributed by atoms with E-state index in [0.29, 0.717) is 12.2 Å². The quantitative estimate of drug-likeness (QED) is 0.829. The van der Waals surface area contributed by atoms with Gasteiger partial charge in [0.2, 0.25) is 0 Å². The molecule has 0 unspecified atom stereocenters. The van der Waals surface area contributed by atoms with Gasteiger partial charge in [0.15, 0.2) is 0 Å². The van der Waals surface area contributed by atoms with Crippen LogP contribution < -0.4 is 5.32 Å². The second-order valence-electron chi connectivity index (χ2n) is 5.54. The van der Waals surface area contributed by atoms with E-state index in [-0.39, 0.29) is 30.8 Å². The molecule has 2 fully saturated rings. The first-order valence-corrected chi connectivity index (χ1v) is 6.85. The van der Waals surface area contributed by atoms with Gasteiger partial charge < -0.3 is 19.9 Å². The predicted octanol–water partition coefficient (Wildman–Crippen LogP) is 0.560. The SMILES string of the molecule is Cc1ccc(C(=O)N[C@H]2CO[C@H]3[C@@H]2OC[C@H]3O)cc1C. The molecular formula is C15H19NO4. The minimum atomic E-state index is -0.594. The molecule has 2 aliphatic heterocycles. The van der Waals surface area contributed by atoms with E-state index in [1.807, 2.05) is 32.0 Å². The van der Waals surface area contributed by atoms with Crippen LogP contribution in [-0.4, -0.2) is 48.6 Å². The maximum Gasteiger partial charge on any atom is 0.251 e. The highest BCUT2D eigenvalue weighted by Crippen LogP contribution is 2.27. The van der Waals surface area contributed by atoms with Gasteiger partial charge in [-0.25, -0.2) is 0 Å². The number of aliphatic hydroxyl groups excluding tert-OH is 1. The standard InChI is InChI=1S/C15H19NO4/c1-8-3-4-10(5-9(8)2)15(18)16-11-6-19-14-12(17)7-20-13(11)14/h3-5,11-14,17H,6-7H2,1-2H3,(H,16,18)/t11-,12+,13+,14+/m0/s1. The Morgan fingerprint density at radius 2 is 1.95 bits per heavy atom. The van der Waals surface area contributed by atoms with Crippen molar-refractivity contribution >= 4 is 5.91 Å². The highest BCUT2D eigenvalue weighted by atomic mass is 16.6. The summed E-state index contributed by atoms with van der Waals surface area (Å²) >= 11 is 0. The molecule has 3 rings (SSSR count). The molecule has 1 aromatic rings.